The van der Waals surface area contributed by atoms with Crippen LogP contribution < -0.4 is 10.6 Å². The highest BCUT2D eigenvalue weighted by atomic mass is 79.9. The van der Waals surface area contributed by atoms with E-state index in [1.54, 1.807) is 0 Å². The van der Waals surface area contributed by atoms with Gasteiger partial charge in [-0.1, -0.05) is 15.9 Å². The van der Waals surface area contributed by atoms with Crippen molar-refractivity contribution in [1.29, 1.82) is 0 Å². The Morgan fingerprint density at radius 2 is 1.81 bits per heavy atom. The Bertz CT molecular complexity index is 372. The molecule has 16 heavy (non-hydrogen) atoms. The molecule has 1 fully saturated rings. The molecule has 1 aliphatic rings. The second-order valence-corrected chi connectivity index (χ2v) is 6.69. The molecule has 0 bridgehead atoms. The molecule has 1 aliphatic heterocycles. The normalized spacial score (nSPS) is 21.2. The van der Waals surface area contributed by atoms with Crippen LogP contribution in [0.15, 0.2) is 25.6 Å². The van der Waals surface area contributed by atoms with Gasteiger partial charge in [0.05, 0.1) is 5.69 Å². The third-order valence-corrected chi connectivity index (χ3v) is 4.42. The fourth-order valence-electron chi connectivity index (χ4n) is 2.05. The first-order valence-electron chi connectivity index (χ1n) is 5.23. The van der Waals surface area contributed by atoms with E-state index < -0.39 is 0 Å². The summed E-state index contributed by atoms with van der Waals surface area (Å²) in [7, 11) is 0. The SMILES string of the molecule is NC1CCCN(c2c(Br)cc(Br)cc2Br)C1. The Labute approximate surface area is 121 Å². The van der Waals surface area contributed by atoms with E-state index in [0.29, 0.717) is 0 Å². The van der Waals surface area contributed by atoms with Crippen molar-refractivity contribution < 1.29 is 0 Å². The zero-order valence-corrected chi connectivity index (χ0v) is 13.5. The van der Waals surface area contributed by atoms with Gasteiger partial charge in [0.15, 0.2) is 0 Å². The molecule has 0 spiro atoms. The molecular formula is C11H13Br3N2. The van der Waals surface area contributed by atoms with Crippen molar-refractivity contribution in [3.05, 3.63) is 25.6 Å². The van der Waals surface area contributed by atoms with Gasteiger partial charge in [-0.3, -0.25) is 0 Å². The number of anilines is 1. The van der Waals surface area contributed by atoms with E-state index in [1.807, 2.05) is 0 Å². The van der Waals surface area contributed by atoms with E-state index in [4.69, 9.17) is 5.73 Å². The van der Waals surface area contributed by atoms with E-state index in [1.165, 1.54) is 5.69 Å². The summed E-state index contributed by atoms with van der Waals surface area (Å²) in [5, 5.41) is 0. The van der Waals surface area contributed by atoms with Crippen LogP contribution in [-0.2, 0) is 0 Å². The summed E-state index contributed by atoms with van der Waals surface area (Å²) >= 11 is 10.7. The molecule has 0 radical (unpaired) electrons. The standard InChI is InChI=1S/C11H13Br3N2/c12-7-4-9(13)11(10(14)5-7)16-3-1-2-8(15)6-16/h4-5,8H,1-3,6,15H2. The molecule has 0 amide bonds. The van der Waals surface area contributed by atoms with Crippen molar-refractivity contribution in [2.45, 2.75) is 18.9 Å². The Morgan fingerprint density at radius 3 is 2.38 bits per heavy atom. The average Bonchev–Trinajstić information content (AvgIpc) is 2.15. The number of hydrogen-bond donors (Lipinski definition) is 1. The van der Waals surface area contributed by atoms with Crippen LogP contribution in [0.4, 0.5) is 5.69 Å². The highest BCUT2D eigenvalue weighted by molar-refractivity contribution is 9.11. The number of benzene rings is 1. The maximum Gasteiger partial charge on any atom is 0.0656 e. The Hall–Kier alpha value is 0.420. The van der Waals surface area contributed by atoms with Gasteiger partial charge in [0.25, 0.3) is 0 Å². The summed E-state index contributed by atoms with van der Waals surface area (Å²) in [6.07, 6.45) is 2.29. The van der Waals surface area contributed by atoms with Crippen molar-refractivity contribution in [2.75, 3.05) is 18.0 Å². The van der Waals surface area contributed by atoms with Crippen LogP contribution in [0.1, 0.15) is 12.8 Å². The average molecular weight is 413 g/mol. The first-order chi connectivity index (χ1) is 7.58. The third kappa shape index (κ3) is 2.81. The van der Waals surface area contributed by atoms with Crippen LogP contribution in [0, 0.1) is 0 Å². The molecule has 2 rings (SSSR count). The smallest absolute Gasteiger partial charge is 0.0656 e. The van der Waals surface area contributed by atoms with Gasteiger partial charge in [-0.05, 0) is 56.8 Å². The summed E-state index contributed by atoms with van der Waals surface area (Å²) in [5.74, 6) is 0. The van der Waals surface area contributed by atoms with E-state index in [0.717, 1.165) is 39.3 Å². The number of nitrogens with zero attached hydrogens (tertiary/aromatic N) is 1. The number of piperidine rings is 1. The fourth-order valence-corrected chi connectivity index (χ4v) is 4.81. The van der Waals surface area contributed by atoms with Gasteiger partial charge in [0, 0.05) is 32.5 Å². The summed E-state index contributed by atoms with van der Waals surface area (Å²) in [6, 6.07) is 4.43. The van der Waals surface area contributed by atoms with E-state index in [9.17, 15) is 0 Å². The quantitative estimate of drug-likeness (QED) is 0.758. The molecule has 0 saturated carbocycles. The summed E-state index contributed by atoms with van der Waals surface area (Å²) < 4.78 is 3.27. The summed E-state index contributed by atoms with van der Waals surface area (Å²) in [4.78, 5) is 2.34. The molecule has 1 unspecified atom stereocenters. The van der Waals surface area contributed by atoms with Crippen LogP contribution in [0.3, 0.4) is 0 Å². The van der Waals surface area contributed by atoms with Gasteiger partial charge in [-0.25, -0.2) is 0 Å². The predicted octanol–water partition coefficient (Wildman–Crippen LogP) is 3.90. The topological polar surface area (TPSA) is 29.3 Å². The van der Waals surface area contributed by atoms with Crippen LogP contribution in [0.5, 0.6) is 0 Å². The van der Waals surface area contributed by atoms with E-state index in [2.05, 4.69) is 64.8 Å². The number of nitrogens with two attached hydrogens (primary N) is 1. The highest BCUT2D eigenvalue weighted by Gasteiger charge is 2.20. The third-order valence-electron chi connectivity index (χ3n) is 2.76. The van der Waals surface area contributed by atoms with Gasteiger partial charge >= 0.3 is 0 Å². The number of halogens is 3. The zero-order valence-electron chi connectivity index (χ0n) is 8.72. The maximum atomic E-state index is 6.01. The molecule has 0 aliphatic carbocycles. The lowest BCUT2D eigenvalue weighted by atomic mass is 10.1. The van der Waals surface area contributed by atoms with Crippen molar-refractivity contribution in [1.82, 2.24) is 0 Å². The minimum Gasteiger partial charge on any atom is -0.368 e. The maximum absolute atomic E-state index is 6.01. The van der Waals surface area contributed by atoms with E-state index >= 15 is 0 Å². The second kappa shape index (κ2) is 5.38. The van der Waals surface area contributed by atoms with Crippen molar-refractivity contribution in [3.63, 3.8) is 0 Å². The monoisotopic (exact) mass is 410 g/mol. The highest BCUT2D eigenvalue weighted by Crippen LogP contribution is 2.38. The lowest BCUT2D eigenvalue weighted by molar-refractivity contribution is 0.505. The lowest BCUT2D eigenvalue weighted by Gasteiger charge is -2.34. The van der Waals surface area contributed by atoms with Crippen LogP contribution >= 0.6 is 47.8 Å². The molecule has 1 aromatic rings. The second-order valence-electron chi connectivity index (χ2n) is 4.07. The minimum atomic E-state index is 0.288. The van der Waals surface area contributed by atoms with Crippen LogP contribution in [-0.4, -0.2) is 19.1 Å². The van der Waals surface area contributed by atoms with Crippen molar-refractivity contribution in [2.24, 2.45) is 5.73 Å². The van der Waals surface area contributed by atoms with E-state index in [-0.39, 0.29) is 6.04 Å². The molecule has 2 nitrogen and oxygen atoms in total. The number of rotatable bonds is 1. The molecule has 1 aromatic carbocycles. The molecular weight excluding hydrogens is 400 g/mol. The first kappa shape index (κ1) is 12.9. The van der Waals surface area contributed by atoms with Gasteiger partial charge in [0.1, 0.15) is 0 Å². The van der Waals surface area contributed by atoms with Crippen LogP contribution in [0.2, 0.25) is 0 Å². The molecule has 1 heterocycles. The predicted molar refractivity (Wildman–Crippen MR) is 79.0 cm³/mol. The Morgan fingerprint density at radius 1 is 1.19 bits per heavy atom. The largest absolute Gasteiger partial charge is 0.368 e. The van der Waals surface area contributed by atoms with Gasteiger partial charge in [0.2, 0.25) is 0 Å². The van der Waals surface area contributed by atoms with Gasteiger partial charge < -0.3 is 10.6 Å². The molecule has 1 atom stereocenters. The fraction of sp³-hybridized carbons (Fsp3) is 0.455. The van der Waals surface area contributed by atoms with Gasteiger partial charge in [-0.15, -0.1) is 0 Å². The number of hydrogen-bond acceptors (Lipinski definition) is 2. The molecule has 2 N–H and O–H groups in total. The van der Waals surface area contributed by atoms with Gasteiger partial charge in [-0.2, -0.15) is 0 Å². The summed E-state index contributed by atoms with van der Waals surface area (Å²) in [6.45, 7) is 2.01. The zero-order chi connectivity index (χ0) is 11.7. The molecule has 0 aromatic heterocycles. The summed E-state index contributed by atoms with van der Waals surface area (Å²) in [5.41, 5.74) is 7.22. The first-order valence-corrected chi connectivity index (χ1v) is 7.61. The Balaban J connectivity index is 2.32. The minimum absolute atomic E-state index is 0.288. The molecule has 88 valence electrons. The Kier molecular flexibility index (Phi) is 4.32. The van der Waals surface area contributed by atoms with Crippen molar-refractivity contribution >= 4 is 53.5 Å². The molecule has 5 heteroatoms. The van der Waals surface area contributed by atoms with Crippen LogP contribution in [0.25, 0.3) is 0 Å². The molecule has 1 saturated heterocycles. The lowest BCUT2D eigenvalue weighted by Crippen LogP contribution is -2.43. The van der Waals surface area contributed by atoms with Crippen molar-refractivity contribution in [3.8, 4) is 0 Å².